The third-order valence-electron chi connectivity index (χ3n) is 2.25. The van der Waals surface area contributed by atoms with E-state index in [1.807, 2.05) is 36.1 Å². The third-order valence-corrected chi connectivity index (χ3v) is 2.25. The van der Waals surface area contributed by atoms with Gasteiger partial charge < -0.3 is 14.4 Å². The van der Waals surface area contributed by atoms with Gasteiger partial charge in [0.15, 0.2) is 12.4 Å². The Kier molecular flexibility index (Phi) is 3.13. The molecule has 2 aromatic heterocycles. The predicted octanol–water partition coefficient (Wildman–Crippen LogP) is -0.756. The number of aryl methyl sites for hydroxylation is 2. The number of carboxylic acids is 1. The fourth-order valence-electron chi connectivity index (χ4n) is 1.33. The summed E-state index contributed by atoms with van der Waals surface area (Å²) >= 11 is 0. The van der Waals surface area contributed by atoms with Gasteiger partial charge in [-0.3, -0.25) is 0 Å². The van der Waals surface area contributed by atoms with Crippen molar-refractivity contribution in [3.63, 3.8) is 0 Å². The minimum absolute atomic E-state index is 0.120. The number of aromatic nitrogens is 3. The molecule has 0 unspecified atom stereocenters. The van der Waals surface area contributed by atoms with Gasteiger partial charge in [-0.05, 0) is 6.42 Å². The van der Waals surface area contributed by atoms with E-state index in [4.69, 9.17) is 4.52 Å². The predicted molar refractivity (Wildman–Crippen MR) is 54.2 cm³/mol. The third kappa shape index (κ3) is 2.87. The largest absolute Gasteiger partial charge is 0.550 e. The Bertz CT molecular complexity index is 519. The fraction of sp³-hybridized carbons (Fsp3) is 0.273. The molecule has 0 aliphatic carbocycles. The van der Waals surface area contributed by atoms with Gasteiger partial charge in [-0.25, -0.2) is 4.57 Å². The molecular weight excluding hydrogens is 222 g/mol. The van der Waals surface area contributed by atoms with Gasteiger partial charge >= 0.3 is 0 Å². The number of aliphatic carboxylic acids is 1. The summed E-state index contributed by atoms with van der Waals surface area (Å²) < 4.78 is 6.83. The van der Waals surface area contributed by atoms with Crippen LogP contribution >= 0.6 is 0 Å². The lowest BCUT2D eigenvalue weighted by Gasteiger charge is -1.95. The van der Waals surface area contributed by atoms with Gasteiger partial charge in [-0.2, -0.15) is 4.98 Å². The van der Waals surface area contributed by atoms with Crippen molar-refractivity contribution in [2.75, 3.05) is 0 Å². The van der Waals surface area contributed by atoms with Gasteiger partial charge in [0, 0.05) is 30.1 Å². The number of pyridine rings is 1. The molecule has 0 bridgehead atoms. The summed E-state index contributed by atoms with van der Waals surface area (Å²) in [5, 5.41) is 14.1. The zero-order chi connectivity index (χ0) is 12.3. The number of hydrogen-bond acceptors (Lipinski definition) is 5. The van der Waals surface area contributed by atoms with Gasteiger partial charge in [-0.1, -0.05) is 5.16 Å². The minimum atomic E-state index is -1.13. The standard InChI is InChI=1S/C11H11N3O3/c1-14-6-4-8(5-7-14)11-12-9(17-13-11)2-3-10(15)16/h4-7H,2-3H2,1H3. The van der Waals surface area contributed by atoms with Crippen LogP contribution in [0.15, 0.2) is 29.0 Å². The van der Waals surface area contributed by atoms with E-state index in [0.717, 1.165) is 5.56 Å². The number of carbonyl (C=O) groups is 1. The van der Waals surface area contributed by atoms with Crippen LogP contribution in [-0.4, -0.2) is 16.1 Å². The molecule has 2 rings (SSSR count). The lowest BCUT2D eigenvalue weighted by molar-refractivity contribution is -0.671. The fourth-order valence-corrected chi connectivity index (χ4v) is 1.33. The van der Waals surface area contributed by atoms with E-state index in [2.05, 4.69) is 10.1 Å². The number of rotatable bonds is 4. The van der Waals surface area contributed by atoms with Gasteiger partial charge in [0.2, 0.25) is 11.7 Å². The van der Waals surface area contributed by atoms with E-state index in [9.17, 15) is 9.90 Å². The lowest BCUT2D eigenvalue weighted by atomic mass is 10.2. The summed E-state index contributed by atoms with van der Waals surface area (Å²) in [5.74, 6) is -0.368. The minimum Gasteiger partial charge on any atom is -0.550 e. The van der Waals surface area contributed by atoms with Gasteiger partial charge in [0.05, 0.1) is 0 Å². The van der Waals surface area contributed by atoms with Gasteiger partial charge in [0.1, 0.15) is 7.05 Å². The van der Waals surface area contributed by atoms with Crippen molar-refractivity contribution in [2.24, 2.45) is 7.05 Å². The van der Waals surface area contributed by atoms with Crippen molar-refractivity contribution in [2.45, 2.75) is 12.8 Å². The van der Waals surface area contributed by atoms with Crippen molar-refractivity contribution in [3.05, 3.63) is 30.4 Å². The van der Waals surface area contributed by atoms with Crippen LogP contribution in [0.4, 0.5) is 0 Å². The molecule has 0 saturated carbocycles. The molecule has 0 N–H and O–H groups in total. The molecule has 0 aliphatic rings. The quantitative estimate of drug-likeness (QED) is 0.648. The first-order chi connectivity index (χ1) is 8.15. The first-order valence-electron chi connectivity index (χ1n) is 5.13. The molecule has 0 amide bonds. The second kappa shape index (κ2) is 4.73. The first kappa shape index (κ1) is 11.3. The molecule has 17 heavy (non-hydrogen) atoms. The summed E-state index contributed by atoms with van der Waals surface area (Å²) in [7, 11) is 1.91. The molecule has 0 saturated heterocycles. The van der Waals surface area contributed by atoms with E-state index in [1.54, 1.807) is 0 Å². The SMILES string of the molecule is C[n+]1ccc(-c2noc(CCC(=O)[O-])n2)cc1. The highest BCUT2D eigenvalue weighted by molar-refractivity contribution is 5.64. The monoisotopic (exact) mass is 233 g/mol. The topological polar surface area (TPSA) is 82.9 Å². The molecule has 6 nitrogen and oxygen atoms in total. The van der Waals surface area contributed by atoms with Crippen molar-refractivity contribution in [1.29, 1.82) is 0 Å². The van der Waals surface area contributed by atoms with Crippen LogP contribution in [0.5, 0.6) is 0 Å². The van der Waals surface area contributed by atoms with Gasteiger partial charge in [0.25, 0.3) is 0 Å². The average molecular weight is 233 g/mol. The zero-order valence-corrected chi connectivity index (χ0v) is 9.29. The molecule has 2 heterocycles. The average Bonchev–Trinajstić information content (AvgIpc) is 2.76. The molecule has 0 spiro atoms. The summed E-state index contributed by atoms with van der Waals surface area (Å²) in [6.45, 7) is 0. The molecule has 0 radical (unpaired) electrons. The molecule has 2 aromatic rings. The van der Waals surface area contributed by atoms with Crippen LogP contribution in [0.2, 0.25) is 0 Å². The summed E-state index contributed by atoms with van der Waals surface area (Å²) in [4.78, 5) is 14.4. The summed E-state index contributed by atoms with van der Waals surface area (Å²) in [6.07, 6.45) is 3.81. The summed E-state index contributed by atoms with van der Waals surface area (Å²) in [5.41, 5.74) is 0.826. The molecule has 0 aliphatic heterocycles. The highest BCUT2D eigenvalue weighted by Gasteiger charge is 2.09. The maximum atomic E-state index is 10.3. The van der Waals surface area contributed by atoms with E-state index >= 15 is 0 Å². The van der Waals surface area contributed by atoms with Crippen LogP contribution in [0, 0.1) is 0 Å². The smallest absolute Gasteiger partial charge is 0.227 e. The normalized spacial score (nSPS) is 10.4. The van der Waals surface area contributed by atoms with E-state index in [0.29, 0.717) is 11.7 Å². The Morgan fingerprint density at radius 2 is 2.18 bits per heavy atom. The Balaban J connectivity index is 2.12. The Morgan fingerprint density at radius 3 is 2.82 bits per heavy atom. The molecule has 88 valence electrons. The second-order valence-electron chi connectivity index (χ2n) is 3.64. The molecule has 0 aromatic carbocycles. The maximum absolute atomic E-state index is 10.3. The maximum Gasteiger partial charge on any atom is 0.227 e. The number of carboxylic acid groups (broad SMARTS) is 1. The molecule has 0 atom stereocenters. The van der Waals surface area contributed by atoms with Crippen LogP contribution in [0.25, 0.3) is 11.4 Å². The van der Waals surface area contributed by atoms with Crippen molar-refractivity contribution >= 4 is 5.97 Å². The van der Waals surface area contributed by atoms with Crippen LogP contribution < -0.4 is 9.67 Å². The highest BCUT2D eigenvalue weighted by Crippen LogP contribution is 2.14. The zero-order valence-electron chi connectivity index (χ0n) is 9.29. The van der Waals surface area contributed by atoms with Crippen molar-refractivity contribution in [1.82, 2.24) is 10.1 Å². The Labute approximate surface area is 97.5 Å². The summed E-state index contributed by atoms with van der Waals surface area (Å²) in [6, 6.07) is 3.71. The Morgan fingerprint density at radius 1 is 1.47 bits per heavy atom. The molecule has 0 fully saturated rings. The Hall–Kier alpha value is -2.24. The van der Waals surface area contributed by atoms with Crippen LogP contribution in [0.1, 0.15) is 12.3 Å². The number of hydrogen-bond donors (Lipinski definition) is 0. The van der Waals surface area contributed by atoms with Gasteiger partial charge in [-0.15, -0.1) is 0 Å². The van der Waals surface area contributed by atoms with Crippen molar-refractivity contribution in [3.8, 4) is 11.4 Å². The molecule has 6 heteroatoms. The first-order valence-corrected chi connectivity index (χ1v) is 5.13. The van der Waals surface area contributed by atoms with E-state index in [1.165, 1.54) is 0 Å². The number of carbonyl (C=O) groups excluding carboxylic acids is 1. The number of nitrogens with zero attached hydrogens (tertiary/aromatic N) is 3. The molecular formula is C11H11N3O3. The highest BCUT2D eigenvalue weighted by atomic mass is 16.5. The van der Waals surface area contributed by atoms with E-state index in [-0.39, 0.29) is 12.8 Å². The van der Waals surface area contributed by atoms with Crippen LogP contribution in [-0.2, 0) is 18.3 Å². The van der Waals surface area contributed by atoms with Crippen molar-refractivity contribution < 1.29 is 19.0 Å². The van der Waals surface area contributed by atoms with Crippen LogP contribution in [0.3, 0.4) is 0 Å². The lowest BCUT2D eigenvalue weighted by Crippen LogP contribution is -2.25. The second-order valence-corrected chi connectivity index (χ2v) is 3.64. The van der Waals surface area contributed by atoms with E-state index < -0.39 is 5.97 Å².